The van der Waals surface area contributed by atoms with Gasteiger partial charge in [-0.05, 0) is 36.4 Å². The molecule has 100 valence electrons. The van der Waals surface area contributed by atoms with Crippen LogP contribution in [-0.2, 0) is 0 Å². The van der Waals surface area contributed by atoms with E-state index in [0.717, 1.165) is 6.07 Å². The van der Waals surface area contributed by atoms with Gasteiger partial charge >= 0.3 is 0 Å². The van der Waals surface area contributed by atoms with E-state index in [1.165, 1.54) is 36.5 Å². The van der Waals surface area contributed by atoms with Crippen molar-refractivity contribution in [2.75, 3.05) is 5.73 Å². The molecule has 3 aromatic rings. The number of aromatic amines is 1. The Hall–Kier alpha value is -2.69. The van der Waals surface area contributed by atoms with Gasteiger partial charge in [0.1, 0.15) is 11.6 Å². The number of carbonyl (C=O) groups is 1. The Kier molecular flexibility index (Phi) is 2.75. The van der Waals surface area contributed by atoms with Crippen molar-refractivity contribution in [3.8, 4) is 0 Å². The number of nitrogen functional groups attached to an aromatic ring is 1. The fourth-order valence-electron chi connectivity index (χ4n) is 2.14. The maximum absolute atomic E-state index is 13.7. The van der Waals surface area contributed by atoms with Gasteiger partial charge in [-0.1, -0.05) is 0 Å². The van der Waals surface area contributed by atoms with Crippen molar-refractivity contribution in [2.24, 2.45) is 0 Å². The topological polar surface area (TPSA) is 58.9 Å². The molecule has 2 aromatic carbocycles. The normalized spacial score (nSPS) is 10.9. The zero-order chi connectivity index (χ0) is 14.3. The molecule has 0 unspecified atom stereocenters. The first kappa shape index (κ1) is 12.3. The highest BCUT2D eigenvalue weighted by molar-refractivity contribution is 6.16. The molecule has 20 heavy (non-hydrogen) atoms. The van der Waals surface area contributed by atoms with E-state index in [2.05, 4.69) is 4.98 Å². The Morgan fingerprint density at radius 1 is 1.05 bits per heavy atom. The molecule has 0 atom stereocenters. The summed E-state index contributed by atoms with van der Waals surface area (Å²) in [6, 6.07) is 7.84. The Morgan fingerprint density at radius 2 is 1.85 bits per heavy atom. The van der Waals surface area contributed by atoms with Crippen LogP contribution in [0.15, 0.2) is 42.6 Å². The number of benzene rings is 2. The van der Waals surface area contributed by atoms with E-state index < -0.39 is 17.4 Å². The number of nitrogens with one attached hydrogen (secondary N) is 1. The van der Waals surface area contributed by atoms with Gasteiger partial charge in [0.05, 0.1) is 5.56 Å². The van der Waals surface area contributed by atoms with Gasteiger partial charge in [-0.2, -0.15) is 0 Å². The highest BCUT2D eigenvalue weighted by atomic mass is 19.1. The number of anilines is 1. The lowest BCUT2D eigenvalue weighted by Crippen LogP contribution is -2.04. The Labute approximate surface area is 113 Å². The number of halogens is 2. The molecule has 0 aliphatic heterocycles. The molecule has 0 amide bonds. The maximum Gasteiger partial charge on any atom is 0.198 e. The number of hydrogen-bond acceptors (Lipinski definition) is 2. The number of H-pyrrole nitrogens is 1. The molecular weight excluding hydrogens is 262 g/mol. The number of aromatic nitrogens is 1. The van der Waals surface area contributed by atoms with Crippen molar-refractivity contribution in [3.05, 3.63) is 65.4 Å². The molecule has 0 spiro atoms. The van der Waals surface area contributed by atoms with Crippen molar-refractivity contribution in [2.45, 2.75) is 0 Å². The summed E-state index contributed by atoms with van der Waals surface area (Å²) in [5.74, 6) is -1.65. The predicted octanol–water partition coefficient (Wildman–Crippen LogP) is 3.26. The smallest absolute Gasteiger partial charge is 0.198 e. The largest absolute Gasteiger partial charge is 0.399 e. The molecule has 0 aliphatic rings. The Bertz CT molecular complexity index is 824. The summed E-state index contributed by atoms with van der Waals surface area (Å²) in [7, 11) is 0. The second-order valence-electron chi connectivity index (χ2n) is 4.46. The monoisotopic (exact) mass is 272 g/mol. The second-order valence-corrected chi connectivity index (χ2v) is 4.46. The third-order valence-electron chi connectivity index (χ3n) is 3.12. The number of nitrogens with two attached hydrogens (primary N) is 1. The van der Waals surface area contributed by atoms with Crippen molar-refractivity contribution < 1.29 is 13.6 Å². The van der Waals surface area contributed by atoms with Crippen LogP contribution in [0, 0.1) is 11.6 Å². The van der Waals surface area contributed by atoms with Crippen molar-refractivity contribution in [3.63, 3.8) is 0 Å². The van der Waals surface area contributed by atoms with Crippen LogP contribution in [0.2, 0.25) is 0 Å². The third-order valence-corrected chi connectivity index (χ3v) is 3.12. The summed E-state index contributed by atoms with van der Waals surface area (Å²) in [5, 5.41) is 0.414. The predicted molar refractivity (Wildman–Crippen MR) is 72.5 cm³/mol. The van der Waals surface area contributed by atoms with Crippen LogP contribution in [0.5, 0.6) is 0 Å². The zero-order valence-corrected chi connectivity index (χ0v) is 10.3. The van der Waals surface area contributed by atoms with Crippen LogP contribution < -0.4 is 5.73 Å². The first-order valence-corrected chi connectivity index (χ1v) is 5.92. The van der Waals surface area contributed by atoms with Crippen LogP contribution in [-0.4, -0.2) is 10.8 Å². The number of fused-ring (bicyclic) bond motifs is 1. The van der Waals surface area contributed by atoms with Gasteiger partial charge in [0, 0.05) is 28.4 Å². The second kappa shape index (κ2) is 4.45. The molecule has 1 aromatic heterocycles. The number of hydrogen-bond donors (Lipinski definition) is 2. The lowest BCUT2D eigenvalue weighted by molar-refractivity contribution is 0.103. The van der Waals surface area contributed by atoms with Crippen LogP contribution in [0.3, 0.4) is 0 Å². The van der Waals surface area contributed by atoms with Gasteiger partial charge in [0.2, 0.25) is 0 Å². The number of carbonyl (C=O) groups excluding carboxylic acids is 1. The molecule has 0 bridgehead atoms. The summed E-state index contributed by atoms with van der Waals surface area (Å²) in [6.07, 6.45) is 1.44. The van der Waals surface area contributed by atoms with E-state index in [1.54, 1.807) is 0 Å². The molecule has 0 radical (unpaired) electrons. The van der Waals surface area contributed by atoms with E-state index in [4.69, 9.17) is 5.73 Å². The summed E-state index contributed by atoms with van der Waals surface area (Å²) in [6.45, 7) is 0. The standard InChI is InChI=1S/C15H10F2N2O/c16-8-1-4-14-10(5-8)12(7-19-14)15(20)11-6-9(18)2-3-13(11)17/h1-7,19H,18H2. The lowest BCUT2D eigenvalue weighted by Gasteiger charge is -2.03. The minimum atomic E-state index is -0.657. The Balaban J connectivity index is 2.17. The average molecular weight is 272 g/mol. The average Bonchev–Trinajstić information content (AvgIpc) is 2.83. The van der Waals surface area contributed by atoms with Gasteiger partial charge < -0.3 is 10.7 Å². The summed E-state index contributed by atoms with van der Waals surface area (Å²) in [4.78, 5) is 15.2. The fourth-order valence-corrected chi connectivity index (χ4v) is 2.14. The van der Waals surface area contributed by atoms with Gasteiger partial charge in [0.15, 0.2) is 5.78 Å². The number of rotatable bonds is 2. The molecule has 1 heterocycles. The molecule has 0 saturated carbocycles. The minimum absolute atomic E-state index is 0.129. The molecule has 3 nitrogen and oxygen atoms in total. The van der Waals surface area contributed by atoms with Crippen LogP contribution in [0.4, 0.5) is 14.5 Å². The Morgan fingerprint density at radius 3 is 2.65 bits per heavy atom. The van der Waals surface area contributed by atoms with E-state index in [1.807, 2.05) is 0 Å². The van der Waals surface area contributed by atoms with Gasteiger partial charge in [-0.25, -0.2) is 8.78 Å². The van der Waals surface area contributed by atoms with E-state index in [9.17, 15) is 13.6 Å². The van der Waals surface area contributed by atoms with Crippen molar-refractivity contribution >= 4 is 22.4 Å². The van der Waals surface area contributed by atoms with E-state index in [-0.39, 0.29) is 11.1 Å². The van der Waals surface area contributed by atoms with E-state index in [0.29, 0.717) is 16.6 Å². The fraction of sp³-hybridized carbons (Fsp3) is 0. The highest BCUT2D eigenvalue weighted by Crippen LogP contribution is 2.24. The first-order chi connectivity index (χ1) is 9.56. The molecule has 0 aliphatic carbocycles. The SMILES string of the molecule is Nc1ccc(F)c(C(=O)c2c[nH]c3ccc(F)cc23)c1. The third kappa shape index (κ3) is 1.93. The summed E-state index contributed by atoms with van der Waals surface area (Å²) >= 11 is 0. The van der Waals surface area contributed by atoms with Crippen LogP contribution in [0.1, 0.15) is 15.9 Å². The molecular formula is C15H10F2N2O. The molecule has 0 fully saturated rings. The summed E-state index contributed by atoms with van der Waals surface area (Å²) in [5.41, 5.74) is 6.55. The van der Waals surface area contributed by atoms with Crippen molar-refractivity contribution in [1.29, 1.82) is 0 Å². The molecule has 3 rings (SSSR count). The van der Waals surface area contributed by atoms with Gasteiger partial charge in [-0.15, -0.1) is 0 Å². The molecule has 0 saturated heterocycles. The minimum Gasteiger partial charge on any atom is -0.399 e. The maximum atomic E-state index is 13.7. The number of ketones is 1. The van der Waals surface area contributed by atoms with Gasteiger partial charge in [-0.3, -0.25) is 4.79 Å². The molecule has 3 N–H and O–H groups in total. The van der Waals surface area contributed by atoms with Crippen LogP contribution in [0.25, 0.3) is 10.9 Å². The lowest BCUT2D eigenvalue weighted by atomic mass is 10.0. The molecule has 5 heteroatoms. The van der Waals surface area contributed by atoms with E-state index >= 15 is 0 Å². The van der Waals surface area contributed by atoms with Crippen LogP contribution >= 0.6 is 0 Å². The highest BCUT2D eigenvalue weighted by Gasteiger charge is 2.18. The first-order valence-electron chi connectivity index (χ1n) is 5.92. The summed E-state index contributed by atoms with van der Waals surface area (Å²) < 4.78 is 27.0. The zero-order valence-electron chi connectivity index (χ0n) is 10.3. The quantitative estimate of drug-likeness (QED) is 0.555. The van der Waals surface area contributed by atoms with Gasteiger partial charge in [0.25, 0.3) is 0 Å². The van der Waals surface area contributed by atoms with Crippen molar-refractivity contribution in [1.82, 2.24) is 4.98 Å².